The molecule has 0 amide bonds. The molecule has 0 aliphatic rings. The molecule has 1 unspecified atom stereocenters. The predicted molar refractivity (Wildman–Crippen MR) is 131 cm³/mol. The van der Waals surface area contributed by atoms with Crippen molar-refractivity contribution in [1.82, 2.24) is 4.90 Å². The number of hydrogen-bond acceptors (Lipinski definition) is 2. The van der Waals surface area contributed by atoms with E-state index in [1.54, 1.807) is 0 Å². The van der Waals surface area contributed by atoms with E-state index >= 15 is 0 Å². The molecular formula is C27H55NO. The molecule has 0 bridgehead atoms. The molecule has 0 heterocycles. The van der Waals surface area contributed by atoms with Crippen LogP contribution in [0.1, 0.15) is 150 Å². The average Bonchev–Trinajstić information content (AvgIpc) is 2.71. The number of ketones is 1. The van der Waals surface area contributed by atoms with E-state index in [4.69, 9.17) is 0 Å². The molecule has 0 rings (SSSR count). The van der Waals surface area contributed by atoms with Gasteiger partial charge in [0.2, 0.25) is 0 Å². The van der Waals surface area contributed by atoms with Gasteiger partial charge in [-0.1, -0.05) is 118 Å². The molecule has 0 aromatic heterocycles. The van der Waals surface area contributed by atoms with Crippen molar-refractivity contribution in [3.05, 3.63) is 0 Å². The molecule has 2 nitrogen and oxygen atoms in total. The lowest BCUT2D eigenvalue weighted by atomic mass is 10.00. The second-order valence-electron chi connectivity index (χ2n) is 9.13. The Labute approximate surface area is 184 Å². The van der Waals surface area contributed by atoms with Gasteiger partial charge in [-0.25, -0.2) is 0 Å². The second kappa shape index (κ2) is 22.3. The van der Waals surface area contributed by atoms with Crippen LogP contribution in [0.4, 0.5) is 0 Å². The third-order valence-electron chi connectivity index (χ3n) is 6.25. The summed E-state index contributed by atoms with van der Waals surface area (Å²) in [6, 6.07) is 0.168. The van der Waals surface area contributed by atoms with Crippen LogP contribution in [0.2, 0.25) is 0 Å². The molecule has 0 fully saturated rings. The Kier molecular flexibility index (Phi) is 22.0. The van der Waals surface area contributed by atoms with E-state index in [0.717, 1.165) is 45.2 Å². The number of rotatable bonds is 23. The van der Waals surface area contributed by atoms with Gasteiger partial charge in [0.25, 0.3) is 0 Å². The lowest BCUT2D eigenvalue weighted by molar-refractivity contribution is -0.124. The van der Waals surface area contributed by atoms with Crippen molar-refractivity contribution in [3.63, 3.8) is 0 Å². The summed E-state index contributed by atoms with van der Waals surface area (Å²) in [6.45, 7) is 11.0. The van der Waals surface area contributed by atoms with E-state index in [2.05, 4.69) is 32.6 Å². The van der Waals surface area contributed by atoms with Gasteiger partial charge in [-0.15, -0.1) is 0 Å². The van der Waals surface area contributed by atoms with Gasteiger partial charge in [-0.05, 0) is 38.8 Å². The van der Waals surface area contributed by atoms with Crippen LogP contribution in [0.5, 0.6) is 0 Å². The number of carbonyl (C=O) groups is 1. The molecule has 0 aliphatic carbocycles. The Hall–Kier alpha value is -0.370. The van der Waals surface area contributed by atoms with Crippen molar-refractivity contribution >= 4 is 5.78 Å². The van der Waals surface area contributed by atoms with E-state index in [1.807, 2.05) is 0 Å². The zero-order valence-corrected chi connectivity index (χ0v) is 20.8. The molecule has 0 aliphatic heterocycles. The van der Waals surface area contributed by atoms with Crippen LogP contribution in [-0.4, -0.2) is 29.8 Å². The third-order valence-corrected chi connectivity index (χ3v) is 6.25. The summed E-state index contributed by atoms with van der Waals surface area (Å²) >= 11 is 0. The SMILES string of the molecule is CCCCCCCCCCCCCCCCCC(=O)C(CC)N(CCC)CCC. The predicted octanol–water partition coefficient (Wildman–Crippen LogP) is 8.72. The maximum Gasteiger partial charge on any atom is 0.149 e. The maximum absolute atomic E-state index is 12.7. The number of nitrogens with zero attached hydrogens (tertiary/aromatic N) is 1. The van der Waals surface area contributed by atoms with E-state index in [-0.39, 0.29) is 6.04 Å². The van der Waals surface area contributed by atoms with Crippen LogP contribution in [0.15, 0.2) is 0 Å². The van der Waals surface area contributed by atoms with Gasteiger partial charge >= 0.3 is 0 Å². The highest BCUT2D eigenvalue weighted by molar-refractivity contribution is 5.83. The quantitative estimate of drug-likeness (QED) is 0.157. The first-order valence-corrected chi connectivity index (χ1v) is 13.5. The van der Waals surface area contributed by atoms with Crippen molar-refractivity contribution in [3.8, 4) is 0 Å². The van der Waals surface area contributed by atoms with Crippen LogP contribution in [0, 0.1) is 0 Å². The molecule has 1 atom stereocenters. The molecular weight excluding hydrogens is 354 g/mol. The van der Waals surface area contributed by atoms with E-state index in [9.17, 15) is 4.79 Å². The van der Waals surface area contributed by atoms with Gasteiger partial charge in [-0.3, -0.25) is 9.69 Å². The summed E-state index contributed by atoms with van der Waals surface area (Å²) in [5.74, 6) is 0.490. The summed E-state index contributed by atoms with van der Waals surface area (Å²) in [6.07, 6.45) is 24.7. The van der Waals surface area contributed by atoms with Crippen LogP contribution in [0.3, 0.4) is 0 Å². The minimum absolute atomic E-state index is 0.168. The van der Waals surface area contributed by atoms with Crippen molar-refractivity contribution < 1.29 is 4.79 Å². The van der Waals surface area contributed by atoms with Crippen LogP contribution in [0.25, 0.3) is 0 Å². The lowest BCUT2D eigenvalue weighted by Gasteiger charge is -2.29. The van der Waals surface area contributed by atoms with Crippen LogP contribution < -0.4 is 0 Å². The second-order valence-corrected chi connectivity index (χ2v) is 9.13. The highest BCUT2D eigenvalue weighted by atomic mass is 16.1. The van der Waals surface area contributed by atoms with Crippen molar-refractivity contribution in [2.45, 2.75) is 156 Å². The number of unbranched alkanes of at least 4 members (excludes halogenated alkanes) is 14. The molecule has 0 N–H and O–H groups in total. The summed E-state index contributed by atoms with van der Waals surface area (Å²) in [7, 11) is 0. The van der Waals surface area contributed by atoms with Gasteiger partial charge in [0.1, 0.15) is 5.78 Å². The van der Waals surface area contributed by atoms with Gasteiger partial charge in [0.05, 0.1) is 6.04 Å². The Bertz CT molecular complexity index is 335. The molecule has 0 aromatic carbocycles. The summed E-state index contributed by atoms with van der Waals surface area (Å²) in [5.41, 5.74) is 0. The number of carbonyl (C=O) groups excluding carboxylic acids is 1. The van der Waals surface area contributed by atoms with Crippen molar-refractivity contribution in [1.29, 1.82) is 0 Å². The van der Waals surface area contributed by atoms with Gasteiger partial charge < -0.3 is 0 Å². The van der Waals surface area contributed by atoms with Crippen LogP contribution in [-0.2, 0) is 4.79 Å². The maximum atomic E-state index is 12.7. The smallest absolute Gasteiger partial charge is 0.149 e. The van der Waals surface area contributed by atoms with Gasteiger partial charge in [0.15, 0.2) is 0 Å². The minimum Gasteiger partial charge on any atom is -0.298 e. The Morgan fingerprint density at radius 2 is 0.931 bits per heavy atom. The Balaban J connectivity index is 3.55. The van der Waals surface area contributed by atoms with E-state index in [0.29, 0.717) is 5.78 Å². The average molecular weight is 410 g/mol. The molecule has 0 saturated carbocycles. The topological polar surface area (TPSA) is 20.3 Å². The molecule has 2 heteroatoms. The zero-order valence-electron chi connectivity index (χ0n) is 20.8. The summed E-state index contributed by atoms with van der Waals surface area (Å²) < 4.78 is 0. The first kappa shape index (κ1) is 28.6. The molecule has 0 saturated heterocycles. The van der Waals surface area contributed by atoms with Crippen LogP contribution >= 0.6 is 0 Å². The fourth-order valence-electron chi connectivity index (χ4n) is 4.52. The van der Waals surface area contributed by atoms with Gasteiger partial charge in [-0.2, -0.15) is 0 Å². The molecule has 0 radical (unpaired) electrons. The summed E-state index contributed by atoms with van der Waals surface area (Å²) in [4.78, 5) is 15.1. The van der Waals surface area contributed by atoms with Gasteiger partial charge in [0, 0.05) is 6.42 Å². The largest absolute Gasteiger partial charge is 0.298 e. The highest BCUT2D eigenvalue weighted by Gasteiger charge is 2.22. The molecule has 174 valence electrons. The highest BCUT2D eigenvalue weighted by Crippen LogP contribution is 2.15. The Morgan fingerprint density at radius 1 is 0.552 bits per heavy atom. The van der Waals surface area contributed by atoms with E-state index < -0.39 is 0 Å². The number of Topliss-reactive ketones (excluding diaryl/α,β-unsaturated/α-hetero) is 1. The minimum atomic E-state index is 0.168. The molecule has 29 heavy (non-hydrogen) atoms. The number of hydrogen-bond donors (Lipinski definition) is 0. The van der Waals surface area contributed by atoms with Crippen molar-refractivity contribution in [2.75, 3.05) is 13.1 Å². The first-order chi connectivity index (χ1) is 14.2. The fourth-order valence-corrected chi connectivity index (χ4v) is 4.52. The fraction of sp³-hybridized carbons (Fsp3) is 0.963. The zero-order chi connectivity index (χ0) is 21.6. The molecule has 0 aromatic rings. The monoisotopic (exact) mass is 409 g/mol. The third kappa shape index (κ3) is 17.0. The molecule has 0 spiro atoms. The normalized spacial score (nSPS) is 12.6. The lowest BCUT2D eigenvalue weighted by Crippen LogP contribution is -2.41. The first-order valence-electron chi connectivity index (χ1n) is 13.5. The van der Waals surface area contributed by atoms with E-state index in [1.165, 1.54) is 89.9 Å². The Morgan fingerprint density at radius 3 is 1.28 bits per heavy atom. The standard InChI is InChI=1S/C27H55NO/c1-5-9-10-11-12-13-14-15-16-17-18-19-20-21-22-23-27(29)26(8-4)28(24-6-2)25-7-3/h26H,5-25H2,1-4H3. The summed E-state index contributed by atoms with van der Waals surface area (Å²) in [5, 5.41) is 0. The van der Waals surface area contributed by atoms with Crippen molar-refractivity contribution in [2.24, 2.45) is 0 Å².